The average Bonchev–Trinajstić information content (AvgIpc) is 2.77. The summed E-state index contributed by atoms with van der Waals surface area (Å²) in [5, 5.41) is 11.4. The van der Waals surface area contributed by atoms with Crippen LogP contribution in [0.4, 0.5) is 0 Å². The molecule has 7 nitrogen and oxygen atoms in total. The van der Waals surface area contributed by atoms with E-state index in [1.807, 2.05) is 6.92 Å². The number of nitrogens with zero attached hydrogens (tertiary/aromatic N) is 2. The molecule has 0 aliphatic heterocycles. The zero-order valence-electron chi connectivity index (χ0n) is 10.3. The summed E-state index contributed by atoms with van der Waals surface area (Å²) >= 11 is 0. The maximum absolute atomic E-state index is 11.4. The third-order valence-corrected chi connectivity index (χ3v) is 2.48. The number of aromatic nitrogens is 2. The first kappa shape index (κ1) is 14.2. The van der Waals surface area contributed by atoms with Crippen LogP contribution in [0.3, 0.4) is 0 Å². The second-order valence-corrected chi connectivity index (χ2v) is 4.20. The van der Waals surface area contributed by atoms with Gasteiger partial charge in [-0.1, -0.05) is 6.92 Å². The monoisotopic (exact) mass is 254 g/mol. The van der Waals surface area contributed by atoms with Crippen LogP contribution in [-0.4, -0.2) is 39.6 Å². The largest absolute Gasteiger partial charge is 0.476 e. The molecule has 0 saturated heterocycles. The lowest BCUT2D eigenvalue weighted by Gasteiger charge is -2.09. The van der Waals surface area contributed by atoms with Gasteiger partial charge in [0.1, 0.15) is 0 Å². The fourth-order valence-electron chi connectivity index (χ4n) is 1.39. The molecule has 0 aliphatic carbocycles. The predicted molar refractivity (Wildman–Crippen MR) is 65.0 cm³/mol. The minimum Gasteiger partial charge on any atom is -0.476 e. The van der Waals surface area contributed by atoms with Crippen molar-refractivity contribution < 1.29 is 14.7 Å². The van der Waals surface area contributed by atoms with Crippen molar-refractivity contribution >= 4 is 11.9 Å². The Balaban J connectivity index is 2.28. The fourth-order valence-corrected chi connectivity index (χ4v) is 1.39. The Hall–Kier alpha value is -1.89. The van der Waals surface area contributed by atoms with E-state index in [9.17, 15) is 9.59 Å². The van der Waals surface area contributed by atoms with Gasteiger partial charge in [-0.2, -0.15) is 0 Å². The molecule has 100 valence electrons. The van der Waals surface area contributed by atoms with E-state index in [0.29, 0.717) is 26.1 Å². The normalized spacial score (nSPS) is 12.1. The van der Waals surface area contributed by atoms with Crippen LogP contribution in [0.2, 0.25) is 0 Å². The number of hydrogen-bond acceptors (Lipinski definition) is 4. The number of carboxylic acid groups (broad SMARTS) is 1. The Morgan fingerprint density at radius 2 is 2.33 bits per heavy atom. The summed E-state index contributed by atoms with van der Waals surface area (Å²) in [6, 6.07) is 0. The predicted octanol–water partition coefficient (Wildman–Crippen LogP) is -0.318. The standard InChI is InChI=1S/C11H18N4O3/c1-8(5-12)4-10(16)13-2-3-15-6-9(11(17)18)14-7-15/h6-8H,2-5,12H2,1H3,(H,13,16)(H,17,18). The first-order chi connectivity index (χ1) is 8.52. The number of imidazole rings is 1. The first-order valence-corrected chi connectivity index (χ1v) is 5.74. The molecule has 0 saturated carbocycles. The van der Waals surface area contributed by atoms with Crippen molar-refractivity contribution in [3.63, 3.8) is 0 Å². The molecule has 0 radical (unpaired) electrons. The molecule has 0 bridgehead atoms. The van der Waals surface area contributed by atoms with Crippen LogP contribution < -0.4 is 11.1 Å². The Morgan fingerprint density at radius 1 is 1.61 bits per heavy atom. The maximum atomic E-state index is 11.4. The quantitative estimate of drug-likeness (QED) is 0.617. The van der Waals surface area contributed by atoms with Crippen molar-refractivity contribution in [2.45, 2.75) is 19.9 Å². The highest BCUT2D eigenvalue weighted by molar-refractivity contribution is 5.84. The zero-order chi connectivity index (χ0) is 13.5. The van der Waals surface area contributed by atoms with E-state index in [1.54, 1.807) is 4.57 Å². The molecular formula is C11H18N4O3. The molecule has 7 heteroatoms. The van der Waals surface area contributed by atoms with Crippen molar-refractivity contribution in [3.05, 3.63) is 18.2 Å². The zero-order valence-corrected chi connectivity index (χ0v) is 10.3. The molecule has 0 spiro atoms. The Morgan fingerprint density at radius 3 is 2.89 bits per heavy atom. The van der Waals surface area contributed by atoms with E-state index >= 15 is 0 Å². The summed E-state index contributed by atoms with van der Waals surface area (Å²) in [5.74, 6) is -0.946. The lowest BCUT2D eigenvalue weighted by atomic mass is 10.1. The molecule has 1 aromatic rings. The minimum atomic E-state index is -1.06. The van der Waals surface area contributed by atoms with Gasteiger partial charge in [0.15, 0.2) is 5.69 Å². The molecule has 1 unspecified atom stereocenters. The average molecular weight is 254 g/mol. The number of nitrogens with two attached hydrogens (primary N) is 1. The van der Waals surface area contributed by atoms with Gasteiger partial charge < -0.3 is 20.7 Å². The number of aromatic carboxylic acids is 1. The van der Waals surface area contributed by atoms with Crippen molar-refractivity contribution in [1.29, 1.82) is 0 Å². The molecule has 0 aliphatic rings. The van der Waals surface area contributed by atoms with Crippen LogP contribution in [-0.2, 0) is 11.3 Å². The van der Waals surface area contributed by atoms with E-state index in [-0.39, 0.29) is 17.5 Å². The van der Waals surface area contributed by atoms with Crippen LogP contribution in [0.5, 0.6) is 0 Å². The van der Waals surface area contributed by atoms with Gasteiger partial charge in [0.05, 0.1) is 6.33 Å². The molecule has 18 heavy (non-hydrogen) atoms. The van der Waals surface area contributed by atoms with Gasteiger partial charge >= 0.3 is 5.97 Å². The van der Waals surface area contributed by atoms with Crippen molar-refractivity contribution in [3.8, 4) is 0 Å². The van der Waals surface area contributed by atoms with Gasteiger partial charge in [0.25, 0.3) is 0 Å². The number of carboxylic acids is 1. The SMILES string of the molecule is CC(CN)CC(=O)NCCn1cnc(C(=O)O)c1. The highest BCUT2D eigenvalue weighted by Crippen LogP contribution is 1.98. The summed E-state index contributed by atoms with van der Waals surface area (Å²) < 4.78 is 1.62. The highest BCUT2D eigenvalue weighted by atomic mass is 16.4. The van der Waals surface area contributed by atoms with Crippen LogP contribution in [0.25, 0.3) is 0 Å². The summed E-state index contributed by atoms with van der Waals surface area (Å²) in [4.78, 5) is 25.7. The third-order valence-electron chi connectivity index (χ3n) is 2.48. The molecule has 4 N–H and O–H groups in total. The minimum absolute atomic E-state index is 0.00178. The van der Waals surface area contributed by atoms with E-state index in [2.05, 4.69) is 10.3 Å². The van der Waals surface area contributed by atoms with E-state index < -0.39 is 5.97 Å². The van der Waals surface area contributed by atoms with Gasteiger partial charge in [-0.3, -0.25) is 4.79 Å². The molecule has 1 atom stereocenters. The second kappa shape index (κ2) is 6.75. The van der Waals surface area contributed by atoms with Crippen molar-refractivity contribution in [2.24, 2.45) is 11.7 Å². The van der Waals surface area contributed by atoms with Gasteiger partial charge in [-0.05, 0) is 12.5 Å². The third kappa shape index (κ3) is 4.54. The van der Waals surface area contributed by atoms with Crippen LogP contribution >= 0.6 is 0 Å². The Labute approximate surface area is 105 Å². The topological polar surface area (TPSA) is 110 Å². The van der Waals surface area contributed by atoms with Crippen molar-refractivity contribution in [2.75, 3.05) is 13.1 Å². The summed E-state index contributed by atoms with van der Waals surface area (Å²) in [7, 11) is 0. The fraction of sp³-hybridized carbons (Fsp3) is 0.545. The second-order valence-electron chi connectivity index (χ2n) is 4.20. The van der Waals surface area contributed by atoms with E-state index in [1.165, 1.54) is 12.5 Å². The van der Waals surface area contributed by atoms with Crippen LogP contribution in [0.15, 0.2) is 12.5 Å². The van der Waals surface area contributed by atoms with Crippen LogP contribution in [0, 0.1) is 5.92 Å². The number of amides is 1. The number of rotatable bonds is 7. The number of nitrogens with one attached hydrogen (secondary N) is 1. The van der Waals surface area contributed by atoms with Gasteiger partial charge in [0.2, 0.25) is 5.91 Å². The van der Waals surface area contributed by atoms with Crippen LogP contribution in [0.1, 0.15) is 23.8 Å². The van der Waals surface area contributed by atoms with Gasteiger partial charge in [-0.25, -0.2) is 9.78 Å². The summed E-state index contributed by atoms with van der Waals surface area (Å²) in [6.45, 7) is 3.32. The van der Waals surface area contributed by atoms with E-state index in [4.69, 9.17) is 10.8 Å². The first-order valence-electron chi connectivity index (χ1n) is 5.74. The molecule has 1 aromatic heterocycles. The number of hydrogen-bond donors (Lipinski definition) is 3. The molecule has 1 amide bonds. The lowest BCUT2D eigenvalue weighted by molar-refractivity contribution is -0.121. The number of carbonyl (C=O) groups is 2. The van der Waals surface area contributed by atoms with Gasteiger partial charge in [0, 0.05) is 25.7 Å². The van der Waals surface area contributed by atoms with E-state index in [0.717, 1.165) is 0 Å². The molecular weight excluding hydrogens is 236 g/mol. The Bertz CT molecular complexity index is 416. The lowest BCUT2D eigenvalue weighted by Crippen LogP contribution is -2.29. The van der Waals surface area contributed by atoms with Crippen molar-refractivity contribution in [1.82, 2.24) is 14.9 Å². The highest BCUT2D eigenvalue weighted by Gasteiger charge is 2.08. The van der Waals surface area contributed by atoms with Gasteiger partial charge in [-0.15, -0.1) is 0 Å². The smallest absolute Gasteiger partial charge is 0.356 e. The molecule has 1 heterocycles. The summed E-state index contributed by atoms with van der Waals surface area (Å²) in [6.07, 6.45) is 3.26. The molecule has 0 aromatic carbocycles. The summed E-state index contributed by atoms with van der Waals surface area (Å²) in [5.41, 5.74) is 5.42. The Kier molecular flexibility index (Phi) is 5.31. The number of carbonyl (C=O) groups excluding carboxylic acids is 1. The molecule has 0 fully saturated rings. The molecule has 1 rings (SSSR count). The maximum Gasteiger partial charge on any atom is 0.356 e.